The van der Waals surface area contributed by atoms with Crippen LogP contribution in [0.3, 0.4) is 0 Å². The number of aromatic nitrogens is 1. The van der Waals surface area contributed by atoms with Crippen LogP contribution in [0, 0.1) is 5.92 Å². The van der Waals surface area contributed by atoms with Gasteiger partial charge in [0.15, 0.2) is 0 Å². The molecule has 1 N–H and O–H groups in total. The van der Waals surface area contributed by atoms with Gasteiger partial charge >= 0.3 is 0 Å². The highest BCUT2D eigenvalue weighted by Crippen LogP contribution is 2.30. The lowest BCUT2D eigenvalue weighted by Crippen LogP contribution is -2.37. The van der Waals surface area contributed by atoms with Crippen LogP contribution in [0.25, 0.3) is 0 Å². The fourth-order valence-corrected chi connectivity index (χ4v) is 2.91. The van der Waals surface area contributed by atoms with Crippen molar-refractivity contribution in [2.75, 3.05) is 0 Å². The van der Waals surface area contributed by atoms with Crippen molar-refractivity contribution in [2.24, 2.45) is 5.92 Å². The molecule has 1 fully saturated rings. The second-order valence-corrected chi connectivity index (χ2v) is 5.67. The van der Waals surface area contributed by atoms with E-state index in [0.29, 0.717) is 22.7 Å². The van der Waals surface area contributed by atoms with Crippen molar-refractivity contribution < 1.29 is 4.79 Å². The Morgan fingerprint density at radius 1 is 1.47 bits per heavy atom. The largest absolute Gasteiger partial charge is 0.349 e. The van der Waals surface area contributed by atoms with Gasteiger partial charge in [-0.3, -0.25) is 4.79 Å². The van der Waals surface area contributed by atoms with Gasteiger partial charge in [-0.05, 0) is 37.3 Å². The summed E-state index contributed by atoms with van der Waals surface area (Å²) in [5.74, 6) is 0.613. The summed E-state index contributed by atoms with van der Waals surface area (Å²) >= 11 is 5.72. The number of hydrogen-bond donors (Lipinski definition) is 1. The molecular formula is C15H21ClN2O. The number of nitrogens with zero attached hydrogens (tertiary/aromatic N) is 1. The Kier molecular flexibility index (Phi) is 5.20. The van der Waals surface area contributed by atoms with E-state index in [2.05, 4.69) is 17.2 Å². The number of carbonyl (C=O) groups excluding carboxylic acids is 1. The smallest absolute Gasteiger partial charge is 0.253 e. The monoisotopic (exact) mass is 280 g/mol. The van der Waals surface area contributed by atoms with Gasteiger partial charge in [0.2, 0.25) is 0 Å². The molecule has 3 nitrogen and oxygen atoms in total. The highest BCUT2D eigenvalue weighted by Gasteiger charge is 2.28. The van der Waals surface area contributed by atoms with Crippen molar-refractivity contribution in [1.82, 2.24) is 10.3 Å². The van der Waals surface area contributed by atoms with Crippen LogP contribution in [-0.2, 0) is 0 Å². The van der Waals surface area contributed by atoms with E-state index in [-0.39, 0.29) is 5.91 Å². The number of rotatable bonds is 5. The quantitative estimate of drug-likeness (QED) is 0.833. The number of nitrogens with one attached hydrogen (secondary N) is 1. The molecule has 0 bridgehead atoms. The summed E-state index contributed by atoms with van der Waals surface area (Å²) in [6.07, 6.45) is 8.79. The molecule has 19 heavy (non-hydrogen) atoms. The summed E-state index contributed by atoms with van der Waals surface area (Å²) in [5.41, 5.74) is 0.588. The Labute approximate surface area is 119 Å². The number of unbranched alkanes of at least 4 members (excludes halogenated alkanes) is 1. The van der Waals surface area contributed by atoms with Gasteiger partial charge in [-0.15, -0.1) is 0 Å². The SMILES string of the molecule is CCCCC1CCCC1NC(=O)c1ccc(Cl)nc1. The van der Waals surface area contributed by atoms with Crippen molar-refractivity contribution in [2.45, 2.75) is 51.5 Å². The van der Waals surface area contributed by atoms with Crippen LogP contribution in [0.1, 0.15) is 55.8 Å². The number of carbonyl (C=O) groups is 1. The molecule has 1 aromatic heterocycles. The van der Waals surface area contributed by atoms with Gasteiger partial charge in [-0.25, -0.2) is 4.98 Å². The molecule has 0 saturated heterocycles. The van der Waals surface area contributed by atoms with Crippen LogP contribution in [0.5, 0.6) is 0 Å². The van der Waals surface area contributed by atoms with Gasteiger partial charge in [0.05, 0.1) is 5.56 Å². The van der Waals surface area contributed by atoms with Crippen LogP contribution < -0.4 is 5.32 Å². The molecule has 1 saturated carbocycles. The molecule has 4 heteroatoms. The molecule has 0 radical (unpaired) electrons. The number of hydrogen-bond acceptors (Lipinski definition) is 2. The average Bonchev–Trinajstić information content (AvgIpc) is 2.84. The van der Waals surface area contributed by atoms with Crippen molar-refractivity contribution in [3.05, 3.63) is 29.0 Å². The fraction of sp³-hybridized carbons (Fsp3) is 0.600. The Morgan fingerprint density at radius 3 is 3.00 bits per heavy atom. The maximum absolute atomic E-state index is 12.1. The molecule has 0 aromatic carbocycles. The first-order valence-electron chi connectivity index (χ1n) is 7.13. The third-order valence-electron chi connectivity index (χ3n) is 3.89. The number of halogens is 1. The highest BCUT2D eigenvalue weighted by atomic mass is 35.5. The zero-order chi connectivity index (χ0) is 13.7. The van der Waals surface area contributed by atoms with Crippen LogP contribution in [-0.4, -0.2) is 16.9 Å². The fourth-order valence-electron chi connectivity index (χ4n) is 2.80. The van der Waals surface area contributed by atoms with Gasteiger partial charge < -0.3 is 5.32 Å². The Morgan fingerprint density at radius 2 is 2.32 bits per heavy atom. The second-order valence-electron chi connectivity index (χ2n) is 5.28. The molecule has 1 aliphatic carbocycles. The van der Waals surface area contributed by atoms with E-state index in [4.69, 9.17) is 11.6 Å². The van der Waals surface area contributed by atoms with Crippen molar-refractivity contribution >= 4 is 17.5 Å². The summed E-state index contributed by atoms with van der Waals surface area (Å²) < 4.78 is 0. The second kappa shape index (κ2) is 6.90. The summed E-state index contributed by atoms with van der Waals surface area (Å²) in [5, 5.41) is 3.57. The van der Waals surface area contributed by atoms with E-state index in [1.807, 2.05) is 0 Å². The zero-order valence-corrected chi connectivity index (χ0v) is 12.1. The minimum absolute atomic E-state index is 0.0300. The predicted molar refractivity (Wildman–Crippen MR) is 77.4 cm³/mol. The van der Waals surface area contributed by atoms with Crippen LogP contribution in [0.4, 0.5) is 0 Å². The lowest BCUT2D eigenvalue weighted by molar-refractivity contribution is 0.0926. The molecule has 0 aliphatic heterocycles. The first-order valence-corrected chi connectivity index (χ1v) is 7.51. The molecule has 0 spiro atoms. The van der Waals surface area contributed by atoms with Gasteiger partial charge in [0, 0.05) is 12.2 Å². The van der Waals surface area contributed by atoms with E-state index >= 15 is 0 Å². The molecule has 2 atom stereocenters. The molecule has 2 unspecified atom stereocenters. The van der Waals surface area contributed by atoms with E-state index in [1.54, 1.807) is 12.1 Å². The normalized spacial score (nSPS) is 22.4. The summed E-state index contributed by atoms with van der Waals surface area (Å²) in [6.45, 7) is 2.21. The van der Waals surface area contributed by atoms with Gasteiger partial charge in [-0.1, -0.05) is 37.8 Å². The van der Waals surface area contributed by atoms with Crippen LogP contribution in [0.15, 0.2) is 18.3 Å². The predicted octanol–water partition coefficient (Wildman–Crippen LogP) is 3.82. The minimum atomic E-state index is -0.0300. The van der Waals surface area contributed by atoms with Crippen molar-refractivity contribution in [1.29, 1.82) is 0 Å². The first-order chi connectivity index (χ1) is 9.20. The van der Waals surface area contributed by atoms with Crippen molar-refractivity contribution in [3.63, 3.8) is 0 Å². The third kappa shape index (κ3) is 3.93. The molecule has 1 heterocycles. The van der Waals surface area contributed by atoms with Crippen LogP contribution >= 0.6 is 11.6 Å². The number of pyridine rings is 1. The van der Waals surface area contributed by atoms with Crippen molar-refractivity contribution in [3.8, 4) is 0 Å². The first kappa shape index (κ1) is 14.3. The van der Waals surface area contributed by atoms with E-state index in [9.17, 15) is 4.79 Å². The Balaban J connectivity index is 1.92. The van der Waals surface area contributed by atoms with Gasteiger partial charge in [0.1, 0.15) is 5.15 Å². The summed E-state index contributed by atoms with van der Waals surface area (Å²) in [4.78, 5) is 16.1. The maximum Gasteiger partial charge on any atom is 0.253 e. The van der Waals surface area contributed by atoms with Gasteiger partial charge in [-0.2, -0.15) is 0 Å². The standard InChI is InChI=1S/C15H21ClN2O/c1-2-3-5-11-6-4-7-13(11)18-15(19)12-8-9-14(16)17-10-12/h8-11,13H,2-7H2,1H3,(H,18,19). The lowest BCUT2D eigenvalue weighted by Gasteiger charge is -2.20. The molecule has 1 aromatic rings. The highest BCUT2D eigenvalue weighted by molar-refractivity contribution is 6.29. The maximum atomic E-state index is 12.1. The van der Waals surface area contributed by atoms with E-state index in [1.165, 1.54) is 38.3 Å². The van der Waals surface area contributed by atoms with Gasteiger partial charge in [0.25, 0.3) is 5.91 Å². The summed E-state index contributed by atoms with van der Waals surface area (Å²) in [6, 6.07) is 3.70. The molecule has 1 amide bonds. The molecule has 1 aliphatic rings. The molecule has 104 valence electrons. The van der Waals surface area contributed by atoms with E-state index < -0.39 is 0 Å². The van der Waals surface area contributed by atoms with E-state index in [0.717, 1.165) is 6.42 Å². The Bertz CT molecular complexity index is 419. The lowest BCUT2D eigenvalue weighted by atomic mass is 9.96. The number of amides is 1. The summed E-state index contributed by atoms with van der Waals surface area (Å²) in [7, 11) is 0. The average molecular weight is 281 g/mol. The third-order valence-corrected chi connectivity index (χ3v) is 4.12. The molecule has 2 rings (SSSR count). The zero-order valence-electron chi connectivity index (χ0n) is 11.4. The van der Waals surface area contributed by atoms with Crippen LogP contribution in [0.2, 0.25) is 5.15 Å². The minimum Gasteiger partial charge on any atom is -0.349 e. The topological polar surface area (TPSA) is 42.0 Å². The molecular weight excluding hydrogens is 260 g/mol. The Hall–Kier alpha value is -1.09.